The Labute approximate surface area is 98.1 Å². The number of amides is 1. The molecule has 1 heterocycles. The molecular formula is C10H14N4O3. The van der Waals surface area contributed by atoms with Crippen molar-refractivity contribution in [3.63, 3.8) is 0 Å². The largest absolute Gasteiger partial charge is 0.432 e. The lowest BCUT2D eigenvalue weighted by Gasteiger charge is -1.96. The first-order valence-corrected chi connectivity index (χ1v) is 5.26. The number of nitro groups is 1. The van der Waals surface area contributed by atoms with Gasteiger partial charge < -0.3 is 15.4 Å². The molecule has 0 aromatic carbocycles. The van der Waals surface area contributed by atoms with E-state index in [0.717, 1.165) is 6.42 Å². The van der Waals surface area contributed by atoms with E-state index < -0.39 is 4.92 Å². The fourth-order valence-corrected chi connectivity index (χ4v) is 1.14. The van der Waals surface area contributed by atoms with Gasteiger partial charge in [-0.1, -0.05) is 18.0 Å². The van der Waals surface area contributed by atoms with Gasteiger partial charge in [0.2, 0.25) is 5.91 Å². The van der Waals surface area contributed by atoms with Gasteiger partial charge in [-0.25, -0.2) is 4.98 Å². The number of nitrogens with zero attached hydrogens (tertiary/aromatic N) is 2. The van der Waals surface area contributed by atoms with Crippen LogP contribution in [0.5, 0.6) is 0 Å². The summed E-state index contributed by atoms with van der Waals surface area (Å²) in [7, 11) is 0. The van der Waals surface area contributed by atoms with Crippen LogP contribution in [0.4, 0.5) is 5.95 Å². The summed E-state index contributed by atoms with van der Waals surface area (Å²) in [6, 6.07) is 0. The van der Waals surface area contributed by atoms with Gasteiger partial charge in [-0.2, -0.15) is 0 Å². The standard InChI is InChI=1S/C10H14N4O3/c1-2-6-11-9(15)5-3-4-8-7-12-10(13-8)14(16)17/h3,5,7H,2,4,6H2,1H3,(H,11,15)(H,12,13)/b5-3+. The van der Waals surface area contributed by atoms with Gasteiger partial charge in [0.15, 0.2) is 0 Å². The summed E-state index contributed by atoms with van der Waals surface area (Å²) in [6.07, 6.45) is 5.70. The van der Waals surface area contributed by atoms with Crippen molar-refractivity contribution >= 4 is 11.9 Å². The molecule has 92 valence electrons. The van der Waals surface area contributed by atoms with Crippen LogP contribution in [0.3, 0.4) is 0 Å². The molecule has 0 bridgehead atoms. The van der Waals surface area contributed by atoms with Gasteiger partial charge in [0.05, 0.1) is 0 Å². The number of H-pyrrole nitrogens is 1. The van der Waals surface area contributed by atoms with Crippen LogP contribution in [-0.2, 0) is 11.2 Å². The highest BCUT2D eigenvalue weighted by Crippen LogP contribution is 2.05. The Balaban J connectivity index is 2.41. The van der Waals surface area contributed by atoms with Crippen LogP contribution in [0.15, 0.2) is 18.3 Å². The van der Waals surface area contributed by atoms with Gasteiger partial charge in [-0.05, 0) is 17.4 Å². The number of imidazole rings is 1. The molecule has 0 fully saturated rings. The van der Waals surface area contributed by atoms with E-state index in [-0.39, 0.29) is 11.9 Å². The monoisotopic (exact) mass is 238 g/mol. The molecule has 1 rings (SSSR count). The summed E-state index contributed by atoms with van der Waals surface area (Å²) in [5.41, 5.74) is 0.594. The Bertz CT molecular complexity index is 425. The summed E-state index contributed by atoms with van der Waals surface area (Å²) in [4.78, 5) is 27.0. The average Bonchev–Trinajstić information content (AvgIpc) is 2.75. The van der Waals surface area contributed by atoms with Crippen molar-refractivity contribution < 1.29 is 9.72 Å². The Morgan fingerprint density at radius 3 is 3.06 bits per heavy atom. The number of hydrogen-bond acceptors (Lipinski definition) is 4. The van der Waals surface area contributed by atoms with Gasteiger partial charge in [-0.15, -0.1) is 0 Å². The lowest BCUT2D eigenvalue weighted by Crippen LogP contribution is -2.21. The van der Waals surface area contributed by atoms with Gasteiger partial charge in [0, 0.05) is 13.0 Å². The maximum absolute atomic E-state index is 11.2. The van der Waals surface area contributed by atoms with Crippen molar-refractivity contribution in [3.05, 3.63) is 34.2 Å². The molecule has 2 N–H and O–H groups in total. The van der Waals surface area contributed by atoms with Crippen molar-refractivity contribution in [2.75, 3.05) is 6.54 Å². The molecule has 0 atom stereocenters. The highest BCUT2D eigenvalue weighted by atomic mass is 16.6. The third kappa shape index (κ3) is 4.45. The minimum absolute atomic E-state index is 0.166. The average molecular weight is 238 g/mol. The lowest BCUT2D eigenvalue weighted by molar-refractivity contribution is -0.393. The fourth-order valence-electron chi connectivity index (χ4n) is 1.14. The zero-order valence-corrected chi connectivity index (χ0v) is 9.47. The van der Waals surface area contributed by atoms with E-state index >= 15 is 0 Å². The predicted octanol–water partition coefficient (Wildman–Crippen LogP) is 0.943. The number of rotatable bonds is 6. The Morgan fingerprint density at radius 1 is 1.71 bits per heavy atom. The number of aromatic amines is 1. The summed E-state index contributed by atoms with van der Waals surface area (Å²) < 4.78 is 0. The van der Waals surface area contributed by atoms with E-state index in [4.69, 9.17) is 0 Å². The van der Waals surface area contributed by atoms with Gasteiger partial charge >= 0.3 is 5.95 Å². The maximum atomic E-state index is 11.2. The first kappa shape index (κ1) is 12.9. The minimum Gasteiger partial charge on any atom is -0.390 e. The topological polar surface area (TPSA) is 101 Å². The van der Waals surface area contributed by atoms with Crippen molar-refractivity contribution in [2.45, 2.75) is 19.8 Å². The Kier molecular flexibility index (Phi) is 4.86. The second kappa shape index (κ2) is 6.41. The molecule has 0 unspecified atom stereocenters. The maximum Gasteiger partial charge on any atom is 0.432 e. The third-order valence-electron chi connectivity index (χ3n) is 1.94. The zero-order chi connectivity index (χ0) is 12.7. The number of carbonyl (C=O) groups is 1. The number of hydrogen-bond donors (Lipinski definition) is 2. The molecule has 1 aromatic rings. The van der Waals surface area contributed by atoms with E-state index in [9.17, 15) is 14.9 Å². The highest BCUT2D eigenvalue weighted by molar-refractivity contribution is 5.87. The Morgan fingerprint density at radius 2 is 2.47 bits per heavy atom. The molecule has 0 saturated carbocycles. The molecule has 1 amide bonds. The zero-order valence-electron chi connectivity index (χ0n) is 9.47. The molecule has 17 heavy (non-hydrogen) atoms. The molecule has 7 heteroatoms. The van der Waals surface area contributed by atoms with Crippen molar-refractivity contribution in [1.29, 1.82) is 0 Å². The fraction of sp³-hybridized carbons (Fsp3) is 0.400. The molecule has 0 aliphatic rings. The molecule has 0 aliphatic carbocycles. The van der Waals surface area contributed by atoms with Crippen LogP contribution in [0.1, 0.15) is 19.0 Å². The predicted molar refractivity (Wildman–Crippen MR) is 61.4 cm³/mol. The third-order valence-corrected chi connectivity index (χ3v) is 1.94. The molecule has 0 aliphatic heterocycles. The SMILES string of the molecule is CCCNC(=O)/C=C/Cc1cnc([N+](=O)[O-])[nH]1. The van der Waals surface area contributed by atoms with Crippen LogP contribution >= 0.6 is 0 Å². The van der Waals surface area contributed by atoms with Crippen LogP contribution in [0.2, 0.25) is 0 Å². The summed E-state index contributed by atoms with van der Waals surface area (Å²) in [5.74, 6) is -0.454. The highest BCUT2D eigenvalue weighted by Gasteiger charge is 2.09. The summed E-state index contributed by atoms with van der Waals surface area (Å²) in [5, 5.41) is 13.0. The first-order valence-electron chi connectivity index (χ1n) is 5.26. The van der Waals surface area contributed by atoms with E-state index in [1.165, 1.54) is 12.3 Å². The molecule has 0 radical (unpaired) electrons. The van der Waals surface area contributed by atoms with Crippen LogP contribution in [-0.4, -0.2) is 27.3 Å². The molecular weight excluding hydrogens is 224 g/mol. The second-order valence-corrected chi connectivity index (χ2v) is 3.39. The second-order valence-electron chi connectivity index (χ2n) is 3.39. The van der Waals surface area contributed by atoms with Gasteiger partial charge in [0.1, 0.15) is 11.9 Å². The molecule has 0 spiro atoms. The number of nitrogens with one attached hydrogen (secondary N) is 2. The van der Waals surface area contributed by atoms with E-state index in [0.29, 0.717) is 18.7 Å². The van der Waals surface area contributed by atoms with Crippen molar-refractivity contribution in [2.24, 2.45) is 0 Å². The van der Waals surface area contributed by atoms with E-state index in [1.54, 1.807) is 6.08 Å². The van der Waals surface area contributed by atoms with Gasteiger partial charge in [0.25, 0.3) is 0 Å². The Hall–Kier alpha value is -2.18. The number of allylic oxidation sites excluding steroid dienone is 1. The van der Waals surface area contributed by atoms with Crippen molar-refractivity contribution in [1.82, 2.24) is 15.3 Å². The first-order chi connectivity index (χ1) is 8.13. The number of carbonyl (C=O) groups excluding carboxylic acids is 1. The smallest absolute Gasteiger partial charge is 0.390 e. The molecule has 7 nitrogen and oxygen atoms in total. The van der Waals surface area contributed by atoms with Crippen LogP contribution in [0, 0.1) is 10.1 Å². The minimum atomic E-state index is -0.596. The lowest BCUT2D eigenvalue weighted by atomic mass is 10.3. The quantitative estimate of drug-likeness (QED) is 0.437. The molecule has 0 saturated heterocycles. The van der Waals surface area contributed by atoms with E-state index in [1.807, 2.05) is 6.92 Å². The van der Waals surface area contributed by atoms with Crippen LogP contribution in [0.25, 0.3) is 0 Å². The van der Waals surface area contributed by atoms with Crippen LogP contribution < -0.4 is 5.32 Å². The summed E-state index contributed by atoms with van der Waals surface area (Å²) in [6.45, 7) is 2.60. The molecule has 1 aromatic heterocycles. The normalized spacial score (nSPS) is 10.6. The number of aromatic nitrogens is 2. The van der Waals surface area contributed by atoms with E-state index in [2.05, 4.69) is 15.3 Å². The summed E-state index contributed by atoms with van der Waals surface area (Å²) >= 11 is 0. The van der Waals surface area contributed by atoms with Gasteiger partial charge in [-0.3, -0.25) is 4.79 Å². The van der Waals surface area contributed by atoms with Crippen molar-refractivity contribution in [3.8, 4) is 0 Å².